The van der Waals surface area contributed by atoms with Crippen molar-refractivity contribution < 1.29 is 27.2 Å². The van der Waals surface area contributed by atoms with E-state index < -0.39 is 40.7 Å². The first-order chi connectivity index (χ1) is 14.5. The number of rotatable bonds is 2. The smallest absolute Gasteiger partial charge is 0.305 e. The van der Waals surface area contributed by atoms with E-state index in [2.05, 4.69) is 5.32 Å². The molecule has 2 amide bonds. The molecule has 0 fully saturated rings. The van der Waals surface area contributed by atoms with Crippen LogP contribution in [0.25, 0.3) is 5.69 Å². The Morgan fingerprint density at radius 3 is 2.52 bits per heavy atom. The molecule has 0 aliphatic carbocycles. The van der Waals surface area contributed by atoms with Crippen molar-refractivity contribution in [2.45, 2.75) is 6.18 Å². The number of anilines is 1. The first-order valence-electron chi connectivity index (χ1n) is 8.55. The summed E-state index contributed by atoms with van der Waals surface area (Å²) in [6.45, 7) is 0.199. The maximum absolute atomic E-state index is 14.6. The van der Waals surface area contributed by atoms with Gasteiger partial charge in [0, 0.05) is 13.1 Å². The molecular weight excluding hydrogens is 426 g/mol. The first-order valence-corrected chi connectivity index (χ1v) is 8.55. The van der Waals surface area contributed by atoms with Gasteiger partial charge in [0.15, 0.2) is 0 Å². The second-order valence-corrected chi connectivity index (χ2v) is 6.26. The van der Waals surface area contributed by atoms with Gasteiger partial charge in [0.25, 0.3) is 5.56 Å². The summed E-state index contributed by atoms with van der Waals surface area (Å²) in [7, 11) is 0.770. The van der Waals surface area contributed by atoms with Crippen LogP contribution in [0, 0.1) is 17.1 Å². The molecule has 2 aromatic rings. The van der Waals surface area contributed by atoms with Gasteiger partial charge >= 0.3 is 17.9 Å². The van der Waals surface area contributed by atoms with Crippen molar-refractivity contribution in [2.24, 2.45) is 7.05 Å². The molecule has 1 aromatic carbocycles. The molecule has 1 aliphatic heterocycles. The maximum atomic E-state index is 14.6. The Hall–Kier alpha value is -3.92. The monoisotopic (exact) mass is 439 g/mol. The van der Waals surface area contributed by atoms with Gasteiger partial charge in [0.1, 0.15) is 17.6 Å². The lowest BCUT2D eigenvalue weighted by Crippen LogP contribution is -2.41. The van der Waals surface area contributed by atoms with Gasteiger partial charge < -0.3 is 5.32 Å². The average molecular weight is 439 g/mol. The average Bonchev–Trinajstić information content (AvgIpc) is 2.72. The summed E-state index contributed by atoms with van der Waals surface area (Å²) in [5.74, 6) is -1.23. The maximum Gasteiger partial charge on any atom is 0.431 e. The van der Waals surface area contributed by atoms with Gasteiger partial charge in [-0.25, -0.2) is 18.5 Å². The molecule has 1 N–H and O–H groups in total. The number of hydrogen-bond donors (Lipinski definition) is 1. The van der Waals surface area contributed by atoms with Crippen LogP contribution in [0.4, 0.5) is 28.0 Å². The summed E-state index contributed by atoms with van der Waals surface area (Å²) in [4.78, 5) is 42.0. The predicted molar refractivity (Wildman–Crippen MR) is 97.8 cm³/mol. The van der Waals surface area contributed by atoms with Crippen LogP contribution in [0.5, 0.6) is 0 Å². The number of hydrogen-bond acceptors (Lipinski definition) is 5. The summed E-state index contributed by atoms with van der Waals surface area (Å²) < 4.78 is 54.0. The molecule has 13 heteroatoms. The topological polar surface area (TPSA) is 109 Å². The summed E-state index contributed by atoms with van der Waals surface area (Å²) >= 11 is 0. The molecule has 9 nitrogen and oxygen atoms in total. The Morgan fingerprint density at radius 1 is 1.23 bits per heavy atom. The molecule has 3 rings (SSSR count). The predicted octanol–water partition coefficient (Wildman–Crippen LogP) is 1.90. The zero-order valence-electron chi connectivity index (χ0n) is 15.7. The summed E-state index contributed by atoms with van der Waals surface area (Å²) in [6.07, 6.45) is -1.69. The first kappa shape index (κ1) is 21.8. The molecule has 0 spiro atoms. The highest BCUT2D eigenvalue weighted by atomic mass is 19.4. The second-order valence-electron chi connectivity index (χ2n) is 6.26. The Kier molecular flexibility index (Phi) is 5.67. The molecule has 162 valence electrons. The Bertz CT molecular complexity index is 1240. The number of nitrogens with one attached hydrogen (secondary N) is 1. The van der Waals surface area contributed by atoms with Crippen molar-refractivity contribution in [2.75, 3.05) is 18.5 Å². The highest BCUT2D eigenvalue weighted by molar-refractivity contribution is 5.90. The van der Waals surface area contributed by atoms with Crippen molar-refractivity contribution in [1.29, 1.82) is 5.26 Å². The number of halogens is 4. The number of nitrogens with zero attached hydrogens (tertiary/aromatic N) is 4. The quantitative estimate of drug-likeness (QED) is 0.568. The van der Waals surface area contributed by atoms with Gasteiger partial charge in [-0.05, 0) is 12.1 Å². The molecule has 0 radical (unpaired) electrons. The lowest BCUT2D eigenvalue weighted by molar-refractivity contribution is -0.144. The fraction of sp³-hybridized carbons (Fsp3) is 0.222. The van der Waals surface area contributed by atoms with Gasteiger partial charge in [-0.2, -0.15) is 23.5 Å². The normalized spacial score (nSPS) is 13.7. The van der Waals surface area contributed by atoms with Crippen LogP contribution in [-0.4, -0.2) is 33.4 Å². The van der Waals surface area contributed by atoms with Crippen LogP contribution in [0.15, 0.2) is 39.9 Å². The van der Waals surface area contributed by atoms with Crippen LogP contribution in [0.3, 0.4) is 0 Å². The lowest BCUT2D eigenvalue weighted by Gasteiger charge is -2.23. The van der Waals surface area contributed by atoms with E-state index in [4.69, 9.17) is 4.84 Å². The fourth-order valence-corrected chi connectivity index (χ4v) is 2.79. The van der Waals surface area contributed by atoms with E-state index in [0.29, 0.717) is 6.07 Å². The van der Waals surface area contributed by atoms with Gasteiger partial charge in [0.05, 0.1) is 30.1 Å². The largest absolute Gasteiger partial charge is 0.431 e. The van der Waals surface area contributed by atoms with Gasteiger partial charge in [-0.15, -0.1) is 0 Å². The number of amides is 2. The molecule has 1 aliphatic rings. The summed E-state index contributed by atoms with van der Waals surface area (Å²) in [6, 6.07) is 2.41. The van der Waals surface area contributed by atoms with Crippen molar-refractivity contribution in [3.05, 3.63) is 68.3 Å². The molecule has 0 unspecified atom stereocenters. The minimum absolute atomic E-state index is 0.0840. The van der Waals surface area contributed by atoms with Crippen LogP contribution in [-0.2, 0) is 18.1 Å². The van der Waals surface area contributed by atoms with Crippen molar-refractivity contribution >= 4 is 11.7 Å². The molecule has 31 heavy (non-hydrogen) atoms. The van der Waals surface area contributed by atoms with E-state index in [9.17, 15) is 37.2 Å². The molecule has 0 atom stereocenters. The standard InChI is InChI=1S/C18H13F4N5O4/c1-25-14(18(20,21)22)8-15(28)27(17(25)30)13-7-12(10(9-23)6-11(13)19)24-16(29)26-4-2-3-5-31-26/h2-3,6-8H,4-5H2,1H3,(H,24,29). The van der Waals surface area contributed by atoms with Crippen LogP contribution in [0.1, 0.15) is 11.3 Å². The molecule has 2 heterocycles. The lowest BCUT2D eigenvalue weighted by atomic mass is 10.1. The molecule has 0 bridgehead atoms. The number of carbonyl (C=O) groups is 1. The molecule has 0 saturated heterocycles. The SMILES string of the molecule is Cn1c(C(F)(F)F)cc(=O)n(-c2cc(NC(=O)N3CC=CCO3)c(C#N)cc2F)c1=O. The molecule has 1 aromatic heterocycles. The zero-order chi connectivity index (χ0) is 22.9. The number of benzene rings is 1. The third-order valence-electron chi connectivity index (χ3n) is 4.29. The van der Waals surface area contributed by atoms with E-state index in [1.807, 2.05) is 0 Å². The van der Waals surface area contributed by atoms with Gasteiger partial charge in [0.2, 0.25) is 0 Å². The fourth-order valence-electron chi connectivity index (χ4n) is 2.79. The molecular formula is C18H13F4N5O4. The van der Waals surface area contributed by atoms with E-state index in [0.717, 1.165) is 18.2 Å². The van der Waals surface area contributed by atoms with Gasteiger partial charge in [-0.1, -0.05) is 12.2 Å². The summed E-state index contributed by atoms with van der Waals surface area (Å²) in [5, 5.41) is 12.4. The minimum atomic E-state index is -4.99. The van der Waals surface area contributed by atoms with E-state index in [-0.39, 0.29) is 39.6 Å². The van der Waals surface area contributed by atoms with Crippen molar-refractivity contribution in [1.82, 2.24) is 14.2 Å². The van der Waals surface area contributed by atoms with Crippen LogP contribution < -0.4 is 16.6 Å². The van der Waals surface area contributed by atoms with Crippen LogP contribution in [0.2, 0.25) is 0 Å². The zero-order valence-corrected chi connectivity index (χ0v) is 15.7. The highest BCUT2D eigenvalue weighted by Crippen LogP contribution is 2.27. The van der Waals surface area contributed by atoms with E-state index in [1.165, 1.54) is 0 Å². The van der Waals surface area contributed by atoms with Crippen molar-refractivity contribution in [3.8, 4) is 11.8 Å². The number of alkyl halides is 3. The van der Waals surface area contributed by atoms with E-state index in [1.54, 1.807) is 18.2 Å². The Balaban J connectivity index is 2.12. The summed E-state index contributed by atoms with van der Waals surface area (Å²) in [5.41, 5.74) is -5.80. The highest BCUT2D eigenvalue weighted by Gasteiger charge is 2.35. The third-order valence-corrected chi connectivity index (χ3v) is 4.29. The number of aromatic nitrogens is 2. The molecule has 0 saturated carbocycles. The number of carbonyl (C=O) groups excluding carboxylic acids is 1. The van der Waals surface area contributed by atoms with Gasteiger partial charge in [-0.3, -0.25) is 14.2 Å². The van der Waals surface area contributed by atoms with Crippen molar-refractivity contribution in [3.63, 3.8) is 0 Å². The third kappa shape index (κ3) is 4.19. The van der Waals surface area contributed by atoms with Crippen LogP contribution >= 0.6 is 0 Å². The second kappa shape index (κ2) is 8.07. The number of urea groups is 1. The number of nitriles is 1. The number of hydroxylamine groups is 2. The Labute approximate surface area is 170 Å². The minimum Gasteiger partial charge on any atom is -0.305 e. The Morgan fingerprint density at radius 2 is 1.94 bits per heavy atom. The van der Waals surface area contributed by atoms with E-state index >= 15 is 0 Å².